The molecular formula is C13H16N6S2. The lowest BCUT2D eigenvalue weighted by Crippen LogP contribution is -2.07. The Balaban J connectivity index is 1.63. The smallest absolute Gasteiger partial charge is 0.148 e. The summed E-state index contributed by atoms with van der Waals surface area (Å²) < 4.78 is 6.16. The van der Waals surface area contributed by atoms with Crippen LogP contribution in [-0.2, 0) is 6.54 Å². The van der Waals surface area contributed by atoms with Crippen LogP contribution >= 0.6 is 22.9 Å². The summed E-state index contributed by atoms with van der Waals surface area (Å²) in [5.74, 6) is 0.542. The standard InChI is InChI=1S/C13H16N6S2/c1-9-17-10(8-20-9)11-12(14)18-21-13(11)15-4-2-6-19-7-3-5-16-19/h3,5,7-8,15H,2,4,6H2,1H3,(H2,14,18). The Morgan fingerprint density at radius 1 is 1.43 bits per heavy atom. The van der Waals surface area contributed by atoms with E-state index in [0.29, 0.717) is 5.82 Å². The Bertz CT molecular complexity index is 700. The number of aryl methyl sites for hydroxylation is 2. The van der Waals surface area contributed by atoms with Gasteiger partial charge in [0.25, 0.3) is 0 Å². The van der Waals surface area contributed by atoms with Crippen LogP contribution in [0.1, 0.15) is 11.4 Å². The molecule has 0 saturated heterocycles. The van der Waals surface area contributed by atoms with E-state index in [4.69, 9.17) is 5.73 Å². The molecule has 0 unspecified atom stereocenters. The first kappa shape index (κ1) is 14.0. The van der Waals surface area contributed by atoms with Gasteiger partial charge < -0.3 is 11.1 Å². The van der Waals surface area contributed by atoms with Crippen molar-refractivity contribution in [3.63, 3.8) is 0 Å². The van der Waals surface area contributed by atoms with Crippen molar-refractivity contribution >= 4 is 33.7 Å². The topological polar surface area (TPSA) is 81.6 Å². The molecule has 0 fully saturated rings. The lowest BCUT2D eigenvalue weighted by atomic mass is 10.2. The summed E-state index contributed by atoms with van der Waals surface area (Å²) in [5, 5.41) is 11.6. The number of hydrogen-bond acceptors (Lipinski definition) is 7. The minimum Gasteiger partial charge on any atom is -0.382 e. The van der Waals surface area contributed by atoms with Gasteiger partial charge in [0, 0.05) is 30.9 Å². The van der Waals surface area contributed by atoms with Crippen LogP contribution in [0.2, 0.25) is 0 Å². The van der Waals surface area contributed by atoms with E-state index in [9.17, 15) is 0 Å². The zero-order valence-corrected chi connectivity index (χ0v) is 13.2. The summed E-state index contributed by atoms with van der Waals surface area (Å²) in [6.45, 7) is 3.72. The highest BCUT2D eigenvalue weighted by Gasteiger charge is 2.15. The van der Waals surface area contributed by atoms with Crippen molar-refractivity contribution in [2.45, 2.75) is 19.9 Å². The van der Waals surface area contributed by atoms with Gasteiger partial charge in [-0.05, 0) is 30.9 Å². The SMILES string of the molecule is Cc1nc(-c2c(N)nsc2NCCCn2cccn2)cs1. The summed E-state index contributed by atoms with van der Waals surface area (Å²) in [7, 11) is 0. The maximum atomic E-state index is 5.97. The minimum absolute atomic E-state index is 0.542. The quantitative estimate of drug-likeness (QED) is 0.683. The maximum absolute atomic E-state index is 5.97. The van der Waals surface area contributed by atoms with Gasteiger partial charge in [0.05, 0.1) is 16.3 Å². The van der Waals surface area contributed by atoms with E-state index < -0.39 is 0 Å². The Labute approximate surface area is 130 Å². The lowest BCUT2D eigenvalue weighted by molar-refractivity contribution is 0.592. The molecule has 0 spiro atoms. The van der Waals surface area contributed by atoms with Gasteiger partial charge in [-0.3, -0.25) is 4.68 Å². The third-order valence-electron chi connectivity index (χ3n) is 3.00. The number of anilines is 2. The fourth-order valence-corrected chi connectivity index (χ4v) is 3.38. The van der Waals surface area contributed by atoms with Gasteiger partial charge in [-0.1, -0.05) is 0 Å². The highest BCUT2D eigenvalue weighted by Crippen LogP contribution is 2.36. The zero-order valence-electron chi connectivity index (χ0n) is 11.6. The van der Waals surface area contributed by atoms with Gasteiger partial charge in [-0.2, -0.15) is 9.47 Å². The van der Waals surface area contributed by atoms with Gasteiger partial charge in [0.1, 0.15) is 10.8 Å². The normalized spacial score (nSPS) is 10.9. The van der Waals surface area contributed by atoms with E-state index >= 15 is 0 Å². The molecule has 8 heteroatoms. The Hall–Kier alpha value is -1.93. The van der Waals surface area contributed by atoms with Crippen LogP contribution in [0.3, 0.4) is 0 Å². The predicted molar refractivity (Wildman–Crippen MR) is 87.7 cm³/mol. The largest absolute Gasteiger partial charge is 0.382 e. The molecule has 0 atom stereocenters. The molecule has 0 bridgehead atoms. The summed E-state index contributed by atoms with van der Waals surface area (Å²) in [6.07, 6.45) is 4.74. The molecule has 3 aromatic heterocycles. The molecule has 3 aromatic rings. The predicted octanol–water partition coefficient (Wildman–Crippen LogP) is 2.86. The first-order chi connectivity index (χ1) is 10.2. The molecule has 3 heterocycles. The lowest BCUT2D eigenvalue weighted by Gasteiger charge is -2.06. The van der Waals surface area contributed by atoms with Crippen LogP contribution < -0.4 is 11.1 Å². The van der Waals surface area contributed by atoms with Crippen LogP contribution in [0.15, 0.2) is 23.8 Å². The van der Waals surface area contributed by atoms with Crippen LogP contribution in [-0.4, -0.2) is 25.7 Å². The second kappa shape index (κ2) is 6.23. The second-order valence-electron chi connectivity index (χ2n) is 4.57. The Morgan fingerprint density at radius 2 is 2.33 bits per heavy atom. The molecule has 0 aromatic carbocycles. The number of hydrogen-bond donors (Lipinski definition) is 2. The fraction of sp³-hybridized carbons (Fsp3) is 0.308. The van der Waals surface area contributed by atoms with E-state index in [0.717, 1.165) is 40.8 Å². The fourth-order valence-electron chi connectivity index (χ4n) is 2.02. The van der Waals surface area contributed by atoms with Crippen molar-refractivity contribution < 1.29 is 0 Å². The Kier molecular flexibility index (Phi) is 4.16. The van der Waals surface area contributed by atoms with E-state index in [2.05, 4.69) is 19.8 Å². The minimum atomic E-state index is 0.542. The van der Waals surface area contributed by atoms with E-state index in [1.54, 1.807) is 17.5 Å². The van der Waals surface area contributed by atoms with Gasteiger partial charge in [-0.25, -0.2) is 4.98 Å². The maximum Gasteiger partial charge on any atom is 0.148 e. The number of nitrogens with one attached hydrogen (secondary N) is 1. The van der Waals surface area contributed by atoms with Crippen LogP contribution in [0.25, 0.3) is 11.3 Å². The molecule has 110 valence electrons. The van der Waals surface area contributed by atoms with E-state index in [-0.39, 0.29) is 0 Å². The molecule has 21 heavy (non-hydrogen) atoms. The van der Waals surface area contributed by atoms with E-state index in [1.165, 1.54) is 11.5 Å². The second-order valence-corrected chi connectivity index (χ2v) is 6.41. The van der Waals surface area contributed by atoms with Gasteiger partial charge in [-0.15, -0.1) is 11.3 Å². The molecule has 0 radical (unpaired) electrons. The number of thiazole rings is 1. The average Bonchev–Trinajstić information content (AvgIpc) is 3.17. The van der Waals surface area contributed by atoms with Gasteiger partial charge in [0.15, 0.2) is 0 Å². The highest BCUT2D eigenvalue weighted by atomic mass is 32.1. The first-order valence-corrected chi connectivity index (χ1v) is 8.28. The average molecular weight is 320 g/mol. The van der Waals surface area contributed by atoms with E-state index in [1.807, 2.05) is 29.2 Å². The molecular weight excluding hydrogens is 304 g/mol. The van der Waals surface area contributed by atoms with Crippen molar-refractivity contribution in [1.29, 1.82) is 0 Å². The first-order valence-electron chi connectivity index (χ1n) is 6.63. The van der Waals surface area contributed by atoms with Gasteiger partial charge in [0.2, 0.25) is 0 Å². The monoisotopic (exact) mass is 320 g/mol. The molecule has 0 aliphatic rings. The van der Waals surface area contributed by atoms with Crippen molar-refractivity contribution in [3.05, 3.63) is 28.8 Å². The van der Waals surface area contributed by atoms with Crippen molar-refractivity contribution in [3.8, 4) is 11.3 Å². The van der Waals surface area contributed by atoms with Gasteiger partial charge >= 0.3 is 0 Å². The number of nitrogens with two attached hydrogens (primary N) is 1. The summed E-state index contributed by atoms with van der Waals surface area (Å²) in [6, 6.07) is 1.93. The third-order valence-corrected chi connectivity index (χ3v) is 4.59. The molecule has 3 rings (SSSR count). The number of nitrogens with zero attached hydrogens (tertiary/aromatic N) is 4. The van der Waals surface area contributed by atoms with Crippen LogP contribution in [0.4, 0.5) is 10.8 Å². The zero-order chi connectivity index (χ0) is 14.7. The Morgan fingerprint density at radius 3 is 3.05 bits per heavy atom. The molecule has 0 aliphatic heterocycles. The highest BCUT2D eigenvalue weighted by molar-refractivity contribution is 7.11. The van der Waals surface area contributed by atoms with Crippen LogP contribution in [0, 0.1) is 6.92 Å². The number of rotatable bonds is 6. The molecule has 0 amide bonds. The summed E-state index contributed by atoms with van der Waals surface area (Å²) >= 11 is 3.00. The number of aromatic nitrogens is 4. The molecule has 0 aliphatic carbocycles. The molecule has 3 N–H and O–H groups in total. The molecule has 6 nitrogen and oxygen atoms in total. The number of nitrogen functional groups attached to an aromatic ring is 1. The molecule has 0 saturated carbocycles. The summed E-state index contributed by atoms with van der Waals surface area (Å²) in [5.41, 5.74) is 7.79. The van der Waals surface area contributed by atoms with Crippen molar-refractivity contribution in [1.82, 2.24) is 19.1 Å². The van der Waals surface area contributed by atoms with Crippen molar-refractivity contribution in [2.24, 2.45) is 0 Å². The summed E-state index contributed by atoms with van der Waals surface area (Å²) in [4.78, 5) is 4.49. The third kappa shape index (κ3) is 3.22. The van der Waals surface area contributed by atoms with Crippen molar-refractivity contribution in [2.75, 3.05) is 17.6 Å². The van der Waals surface area contributed by atoms with Crippen LogP contribution in [0.5, 0.6) is 0 Å².